The lowest BCUT2D eigenvalue weighted by Gasteiger charge is -2.32. The molecule has 0 radical (unpaired) electrons. The number of carboxylic acids is 1. The minimum atomic E-state index is -0.958. The molecule has 0 aromatic carbocycles. The Hall–Kier alpha value is -1.67. The summed E-state index contributed by atoms with van der Waals surface area (Å²) < 4.78 is 0. The molecule has 0 aromatic rings. The molecule has 0 saturated carbocycles. The van der Waals surface area contributed by atoms with Crippen molar-refractivity contribution in [1.29, 1.82) is 0 Å². The van der Waals surface area contributed by atoms with Crippen molar-refractivity contribution in [3.05, 3.63) is 0 Å². The first-order chi connectivity index (χ1) is 9.92. The van der Waals surface area contributed by atoms with Gasteiger partial charge >= 0.3 is 5.97 Å². The summed E-state index contributed by atoms with van der Waals surface area (Å²) in [6.45, 7) is 1.85. The van der Waals surface area contributed by atoms with Crippen LogP contribution in [0, 0.1) is 0 Å². The van der Waals surface area contributed by atoms with Crippen LogP contribution < -0.4 is 16.4 Å². The van der Waals surface area contributed by atoms with Gasteiger partial charge in [0.25, 0.3) is 0 Å². The summed E-state index contributed by atoms with van der Waals surface area (Å²) in [7, 11) is 1.60. The van der Waals surface area contributed by atoms with E-state index in [0.717, 1.165) is 25.9 Å². The Morgan fingerprint density at radius 3 is 2.48 bits per heavy atom. The fourth-order valence-corrected chi connectivity index (χ4v) is 2.24. The highest BCUT2D eigenvalue weighted by molar-refractivity contribution is 5.82. The van der Waals surface area contributed by atoms with E-state index in [9.17, 15) is 14.4 Å². The topological polar surface area (TPSA) is 125 Å². The Kier molecular flexibility index (Phi) is 7.10. The van der Waals surface area contributed by atoms with Crippen molar-refractivity contribution in [3.8, 4) is 0 Å². The number of nitrogens with one attached hydrogen (secondary N) is 2. The molecule has 1 unspecified atom stereocenters. The molecule has 8 nitrogen and oxygen atoms in total. The second-order valence-electron chi connectivity index (χ2n) is 5.27. The Morgan fingerprint density at radius 2 is 1.95 bits per heavy atom. The molecule has 1 rings (SSSR count). The van der Waals surface area contributed by atoms with Crippen LogP contribution in [0.3, 0.4) is 0 Å². The predicted molar refractivity (Wildman–Crippen MR) is 76.5 cm³/mol. The molecule has 21 heavy (non-hydrogen) atoms. The maximum absolute atomic E-state index is 11.8. The van der Waals surface area contributed by atoms with Gasteiger partial charge in [-0.2, -0.15) is 0 Å². The molecule has 2 amide bonds. The number of carbonyl (C=O) groups excluding carboxylic acids is 2. The van der Waals surface area contributed by atoms with Gasteiger partial charge in [-0.05, 0) is 19.3 Å². The van der Waals surface area contributed by atoms with Gasteiger partial charge in [0.1, 0.15) is 0 Å². The number of amides is 2. The van der Waals surface area contributed by atoms with Gasteiger partial charge in [0, 0.05) is 32.6 Å². The molecule has 120 valence electrons. The first kappa shape index (κ1) is 17.4. The van der Waals surface area contributed by atoms with E-state index in [4.69, 9.17) is 10.8 Å². The molecule has 0 bridgehead atoms. The monoisotopic (exact) mass is 300 g/mol. The van der Waals surface area contributed by atoms with Gasteiger partial charge in [-0.3, -0.25) is 19.3 Å². The van der Waals surface area contributed by atoms with E-state index in [-0.39, 0.29) is 30.7 Å². The smallest absolute Gasteiger partial charge is 0.303 e. The van der Waals surface area contributed by atoms with Gasteiger partial charge in [-0.15, -0.1) is 0 Å². The fourth-order valence-electron chi connectivity index (χ4n) is 2.24. The van der Waals surface area contributed by atoms with Crippen LogP contribution in [0.1, 0.15) is 25.7 Å². The third-order valence-corrected chi connectivity index (χ3v) is 3.59. The number of hydrogen-bond acceptors (Lipinski definition) is 5. The number of likely N-dealkylation sites (N-methyl/N-ethyl adjacent to an activating group) is 1. The average Bonchev–Trinajstić information content (AvgIpc) is 2.46. The Balaban J connectivity index is 2.26. The lowest BCUT2D eigenvalue weighted by Crippen LogP contribution is -2.50. The zero-order valence-corrected chi connectivity index (χ0v) is 12.3. The van der Waals surface area contributed by atoms with E-state index in [0.29, 0.717) is 6.54 Å². The predicted octanol–water partition coefficient (Wildman–Crippen LogP) is -1.49. The Labute approximate surface area is 124 Å². The van der Waals surface area contributed by atoms with E-state index < -0.39 is 12.0 Å². The van der Waals surface area contributed by atoms with E-state index in [1.807, 2.05) is 4.90 Å². The zero-order valence-electron chi connectivity index (χ0n) is 12.3. The van der Waals surface area contributed by atoms with Crippen molar-refractivity contribution in [2.75, 3.05) is 26.7 Å². The minimum absolute atomic E-state index is 0.0202. The number of rotatable bonds is 7. The SMILES string of the molecule is CNC(=O)CN1CCC(NC(=O)C(N)CCC(=O)O)CC1. The average molecular weight is 300 g/mol. The van der Waals surface area contributed by atoms with Crippen LogP contribution in [-0.2, 0) is 14.4 Å². The first-order valence-electron chi connectivity index (χ1n) is 7.13. The highest BCUT2D eigenvalue weighted by atomic mass is 16.4. The summed E-state index contributed by atoms with van der Waals surface area (Å²) >= 11 is 0. The molecule has 1 fully saturated rings. The molecule has 1 atom stereocenters. The molecule has 5 N–H and O–H groups in total. The number of aliphatic carboxylic acids is 1. The molecule has 0 aliphatic carbocycles. The Bertz CT molecular complexity index is 380. The maximum atomic E-state index is 11.8. The molecule has 1 heterocycles. The molecule has 1 saturated heterocycles. The minimum Gasteiger partial charge on any atom is -0.481 e. The summed E-state index contributed by atoms with van der Waals surface area (Å²) in [5, 5.41) is 14.0. The quantitative estimate of drug-likeness (QED) is 0.454. The van der Waals surface area contributed by atoms with Gasteiger partial charge < -0.3 is 21.5 Å². The normalized spacial score (nSPS) is 18.0. The molecule has 0 spiro atoms. The van der Waals surface area contributed by atoms with E-state index >= 15 is 0 Å². The number of likely N-dealkylation sites (tertiary alicyclic amines) is 1. The van der Waals surface area contributed by atoms with Crippen molar-refractivity contribution in [2.45, 2.75) is 37.8 Å². The number of carboxylic acid groups (broad SMARTS) is 1. The van der Waals surface area contributed by atoms with Crippen molar-refractivity contribution < 1.29 is 19.5 Å². The highest BCUT2D eigenvalue weighted by Crippen LogP contribution is 2.10. The van der Waals surface area contributed by atoms with Crippen LogP contribution in [-0.4, -0.2) is 66.6 Å². The summed E-state index contributed by atoms with van der Waals surface area (Å²) in [4.78, 5) is 35.6. The van der Waals surface area contributed by atoms with Gasteiger partial charge in [0.15, 0.2) is 0 Å². The summed E-state index contributed by atoms with van der Waals surface area (Å²) in [5.41, 5.74) is 5.66. The zero-order chi connectivity index (χ0) is 15.8. The number of nitrogens with zero attached hydrogens (tertiary/aromatic N) is 1. The first-order valence-corrected chi connectivity index (χ1v) is 7.13. The summed E-state index contributed by atoms with van der Waals surface area (Å²) in [6.07, 6.45) is 1.54. The maximum Gasteiger partial charge on any atom is 0.303 e. The second kappa shape index (κ2) is 8.58. The lowest BCUT2D eigenvalue weighted by molar-refractivity contribution is -0.137. The van der Waals surface area contributed by atoms with Crippen molar-refractivity contribution in [1.82, 2.24) is 15.5 Å². The summed E-state index contributed by atoms with van der Waals surface area (Å²) in [5.74, 6) is -1.28. The lowest BCUT2D eigenvalue weighted by atomic mass is 10.0. The molecule has 1 aliphatic heterocycles. The standard InChI is InChI=1S/C13H24N4O4/c1-15-11(18)8-17-6-4-9(5-7-17)16-13(21)10(14)2-3-12(19)20/h9-10H,2-8,14H2,1H3,(H,15,18)(H,16,21)(H,19,20). The third-order valence-electron chi connectivity index (χ3n) is 3.59. The summed E-state index contributed by atoms with van der Waals surface area (Å²) in [6, 6.07) is -0.751. The van der Waals surface area contributed by atoms with Crippen LogP contribution in [0.4, 0.5) is 0 Å². The van der Waals surface area contributed by atoms with Gasteiger partial charge in [-0.1, -0.05) is 0 Å². The van der Waals surface area contributed by atoms with Crippen LogP contribution in [0.25, 0.3) is 0 Å². The molecular formula is C13H24N4O4. The largest absolute Gasteiger partial charge is 0.481 e. The molecule has 8 heteroatoms. The molecule has 1 aliphatic rings. The number of nitrogens with two attached hydrogens (primary N) is 1. The van der Waals surface area contributed by atoms with Crippen molar-refractivity contribution in [3.63, 3.8) is 0 Å². The van der Waals surface area contributed by atoms with Crippen LogP contribution >= 0.6 is 0 Å². The fraction of sp³-hybridized carbons (Fsp3) is 0.769. The van der Waals surface area contributed by atoms with Crippen LogP contribution in [0.15, 0.2) is 0 Å². The molecular weight excluding hydrogens is 276 g/mol. The van der Waals surface area contributed by atoms with E-state index in [2.05, 4.69) is 10.6 Å². The second-order valence-corrected chi connectivity index (χ2v) is 5.27. The van der Waals surface area contributed by atoms with Gasteiger partial charge in [0.2, 0.25) is 11.8 Å². The van der Waals surface area contributed by atoms with Crippen molar-refractivity contribution in [2.24, 2.45) is 5.73 Å². The van der Waals surface area contributed by atoms with Crippen LogP contribution in [0.2, 0.25) is 0 Å². The van der Waals surface area contributed by atoms with Crippen LogP contribution in [0.5, 0.6) is 0 Å². The van der Waals surface area contributed by atoms with E-state index in [1.165, 1.54) is 0 Å². The van der Waals surface area contributed by atoms with E-state index in [1.54, 1.807) is 7.05 Å². The highest BCUT2D eigenvalue weighted by Gasteiger charge is 2.24. The molecule has 0 aromatic heterocycles. The van der Waals surface area contributed by atoms with Crippen molar-refractivity contribution >= 4 is 17.8 Å². The Morgan fingerprint density at radius 1 is 1.33 bits per heavy atom. The number of piperidine rings is 1. The van der Waals surface area contributed by atoms with Gasteiger partial charge in [0.05, 0.1) is 12.6 Å². The number of hydrogen-bond donors (Lipinski definition) is 4. The third kappa shape index (κ3) is 6.54. The number of carbonyl (C=O) groups is 3. The van der Waals surface area contributed by atoms with Gasteiger partial charge in [-0.25, -0.2) is 0 Å².